The number of carbonyl (C=O) groups excluding carboxylic acids is 2. The van der Waals surface area contributed by atoms with Crippen LogP contribution in [0.25, 0.3) is 0 Å². The van der Waals surface area contributed by atoms with Crippen molar-refractivity contribution in [3.8, 4) is 11.5 Å². The molecule has 2 heterocycles. The van der Waals surface area contributed by atoms with Crippen molar-refractivity contribution >= 4 is 25.3 Å². The van der Waals surface area contributed by atoms with Gasteiger partial charge in [-0.2, -0.15) is 8.78 Å². The van der Waals surface area contributed by atoms with Crippen molar-refractivity contribution in [2.24, 2.45) is 0 Å². The normalized spacial score (nSPS) is 18.9. The molecule has 63 heavy (non-hydrogen) atoms. The minimum Gasteiger partial charge on any atom is -0.462 e. The van der Waals surface area contributed by atoms with E-state index in [4.69, 9.17) is 38.2 Å². The van der Waals surface area contributed by atoms with Crippen LogP contribution < -0.4 is 20.1 Å². The Hall–Kier alpha value is -4.40. The van der Waals surface area contributed by atoms with Crippen molar-refractivity contribution in [3.63, 3.8) is 0 Å². The fourth-order valence-electron chi connectivity index (χ4n) is 5.58. The SMILES string of the molecule is O=C(NCCCCc1cn(CCOCCOCCOCCOCCC(=O)Oc2c(F)c(F)c(F)c(F)c2F)nn1)Nc1ccc(O[C@@H]2O[C@@H](CCP(=O)(O)O)[C@H](O)[C@@H](O)[C@H]2O)cc1. The van der Waals surface area contributed by atoms with Crippen LogP contribution in [0.2, 0.25) is 0 Å². The molecule has 0 unspecified atom stereocenters. The van der Waals surface area contributed by atoms with Gasteiger partial charge in [-0.3, -0.25) is 9.36 Å². The first-order valence-corrected chi connectivity index (χ1v) is 21.3. The van der Waals surface area contributed by atoms with Gasteiger partial charge in [0.2, 0.25) is 41.1 Å². The highest BCUT2D eigenvalue weighted by molar-refractivity contribution is 7.51. The van der Waals surface area contributed by atoms with Gasteiger partial charge in [-0.15, -0.1) is 5.10 Å². The molecule has 0 saturated carbocycles. The van der Waals surface area contributed by atoms with E-state index in [0.717, 1.165) is 12.1 Å². The van der Waals surface area contributed by atoms with E-state index in [1.54, 1.807) is 10.9 Å². The average Bonchev–Trinajstić information content (AvgIpc) is 3.71. The predicted octanol–water partition coefficient (Wildman–Crippen LogP) is 1.93. The van der Waals surface area contributed by atoms with Crippen molar-refractivity contribution in [2.75, 3.05) is 70.9 Å². The van der Waals surface area contributed by atoms with Crippen molar-refractivity contribution in [1.29, 1.82) is 0 Å². The molecule has 0 aliphatic carbocycles. The number of aromatic nitrogens is 3. The molecule has 4 rings (SSSR count). The summed E-state index contributed by atoms with van der Waals surface area (Å²) < 4.78 is 116. The number of hydrogen-bond acceptors (Lipinski definition) is 15. The van der Waals surface area contributed by atoms with E-state index < -0.39 is 97.7 Å². The molecule has 0 bridgehead atoms. The second-order valence-electron chi connectivity index (χ2n) is 13.7. The Labute approximate surface area is 356 Å². The minimum absolute atomic E-state index is 0.0458. The number of nitrogens with zero attached hydrogens (tertiary/aromatic N) is 3. The maximum absolute atomic E-state index is 13.6. The van der Waals surface area contributed by atoms with Gasteiger partial charge in [0.05, 0.1) is 83.8 Å². The third kappa shape index (κ3) is 17.2. The Kier molecular flexibility index (Phi) is 21.0. The van der Waals surface area contributed by atoms with Gasteiger partial charge < -0.3 is 68.9 Å². The van der Waals surface area contributed by atoms with E-state index in [1.807, 2.05) is 0 Å². The number of halogens is 5. The fraction of sp³-hybridized carbons (Fsp3) is 0.568. The number of aliphatic hydroxyl groups excluding tert-OH is 3. The number of rotatable bonds is 27. The zero-order chi connectivity index (χ0) is 45.9. The molecular formula is C37H49F5N5O15P. The van der Waals surface area contributed by atoms with E-state index in [1.165, 1.54) is 24.3 Å². The molecule has 2 amide bonds. The first kappa shape index (κ1) is 51.2. The van der Waals surface area contributed by atoms with E-state index in [0.29, 0.717) is 51.4 Å². The first-order chi connectivity index (χ1) is 30.0. The summed E-state index contributed by atoms with van der Waals surface area (Å²) in [4.78, 5) is 42.3. The third-order valence-electron chi connectivity index (χ3n) is 8.89. The number of aliphatic hydroxyl groups is 3. The second-order valence-corrected chi connectivity index (χ2v) is 15.5. The minimum atomic E-state index is -4.39. The summed E-state index contributed by atoms with van der Waals surface area (Å²) >= 11 is 0. The summed E-state index contributed by atoms with van der Waals surface area (Å²) in [5.41, 5.74) is 1.20. The van der Waals surface area contributed by atoms with Crippen LogP contribution in [0.15, 0.2) is 30.5 Å². The number of unbranched alkanes of at least 4 members (excludes halogenated alkanes) is 1. The Morgan fingerprint density at radius 1 is 0.778 bits per heavy atom. The van der Waals surface area contributed by atoms with Crippen LogP contribution in [0.5, 0.6) is 11.5 Å². The summed E-state index contributed by atoms with van der Waals surface area (Å²) in [6, 6.07) is 5.56. The largest absolute Gasteiger partial charge is 0.462 e. The number of ether oxygens (including phenoxy) is 7. The molecule has 3 aromatic rings. The molecule has 5 atom stereocenters. The molecule has 1 fully saturated rings. The third-order valence-corrected chi connectivity index (χ3v) is 9.73. The number of esters is 1. The van der Waals surface area contributed by atoms with Crippen molar-refractivity contribution in [1.82, 2.24) is 20.3 Å². The van der Waals surface area contributed by atoms with Crippen LogP contribution >= 0.6 is 7.60 Å². The Balaban J connectivity index is 0.955. The van der Waals surface area contributed by atoms with Crippen molar-refractivity contribution in [3.05, 3.63) is 65.2 Å². The highest BCUT2D eigenvalue weighted by Crippen LogP contribution is 2.37. The fourth-order valence-corrected chi connectivity index (χ4v) is 6.18. The number of benzene rings is 2. The lowest BCUT2D eigenvalue weighted by Crippen LogP contribution is -2.59. The molecule has 26 heteroatoms. The number of nitrogens with one attached hydrogen (secondary N) is 2. The summed E-state index contributed by atoms with van der Waals surface area (Å²) in [5.74, 6) is -14.1. The van der Waals surface area contributed by atoms with Gasteiger partial charge in [0.25, 0.3) is 0 Å². The van der Waals surface area contributed by atoms with Gasteiger partial charge in [0.15, 0.2) is 0 Å². The van der Waals surface area contributed by atoms with Gasteiger partial charge in [-0.1, -0.05) is 5.21 Å². The van der Waals surface area contributed by atoms with Crippen LogP contribution in [-0.2, 0) is 46.0 Å². The van der Waals surface area contributed by atoms with Gasteiger partial charge >= 0.3 is 19.6 Å². The Bertz CT molecular complexity index is 1920. The number of urea groups is 1. The van der Waals surface area contributed by atoms with Gasteiger partial charge in [0.1, 0.15) is 24.1 Å². The summed E-state index contributed by atoms with van der Waals surface area (Å²) in [6.07, 6.45) is -5.09. The molecule has 1 aliphatic rings. The molecular weight excluding hydrogens is 880 g/mol. The van der Waals surface area contributed by atoms with Crippen LogP contribution in [0.1, 0.15) is 31.4 Å². The summed E-state index contributed by atoms with van der Waals surface area (Å²) in [7, 11) is -4.39. The average molecular weight is 930 g/mol. The van der Waals surface area contributed by atoms with Crippen molar-refractivity contribution < 1.29 is 94.4 Å². The molecule has 7 N–H and O–H groups in total. The maximum atomic E-state index is 13.6. The number of carbonyl (C=O) groups is 2. The molecule has 0 radical (unpaired) electrons. The lowest BCUT2D eigenvalue weighted by atomic mass is 9.97. The molecule has 1 aromatic heterocycles. The molecule has 20 nitrogen and oxygen atoms in total. The smallest absolute Gasteiger partial charge is 0.325 e. The number of aryl methyl sites for hydroxylation is 1. The summed E-state index contributed by atoms with van der Waals surface area (Å²) in [6.45, 7) is 2.25. The topological polar surface area (TPSA) is 272 Å². The quantitative estimate of drug-likeness (QED) is 0.0109. The Morgan fingerprint density at radius 3 is 1.98 bits per heavy atom. The molecule has 2 aromatic carbocycles. The zero-order valence-electron chi connectivity index (χ0n) is 33.6. The van der Waals surface area contributed by atoms with E-state index >= 15 is 0 Å². The lowest BCUT2D eigenvalue weighted by Gasteiger charge is -2.40. The van der Waals surface area contributed by atoms with Gasteiger partial charge in [0, 0.05) is 18.4 Å². The lowest BCUT2D eigenvalue weighted by molar-refractivity contribution is -0.272. The number of anilines is 1. The molecule has 352 valence electrons. The second kappa shape index (κ2) is 25.8. The predicted molar refractivity (Wildman–Crippen MR) is 205 cm³/mol. The maximum Gasteiger partial charge on any atom is 0.325 e. The highest BCUT2D eigenvalue weighted by Gasteiger charge is 2.45. The van der Waals surface area contributed by atoms with Crippen LogP contribution in [0, 0.1) is 29.1 Å². The highest BCUT2D eigenvalue weighted by atomic mass is 31.2. The van der Waals surface area contributed by atoms with Crippen LogP contribution in [0.3, 0.4) is 0 Å². The molecule has 1 aliphatic heterocycles. The Morgan fingerprint density at radius 2 is 1.37 bits per heavy atom. The van der Waals surface area contributed by atoms with Gasteiger partial charge in [-0.25, -0.2) is 22.6 Å². The monoisotopic (exact) mass is 929 g/mol. The number of hydrogen-bond donors (Lipinski definition) is 7. The van der Waals surface area contributed by atoms with Gasteiger partial charge in [-0.05, 0) is 49.9 Å². The molecule has 1 saturated heterocycles. The molecule has 0 spiro atoms. The standard InChI is InChI=1S/C37H49F5N5O15P/c38-27-28(39)30(41)35(31(42)29(27)40)62-26(48)8-12-56-14-16-58-18-19-59-17-15-57-13-11-47-21-23(45-46-47)3-1-2-10-43-37(52)44-22-4-6-24(7-5-22)60-36-34(51)33(50)32(49)25(61-36)9-20-63(53,54)55/h4-7,21,25,32-34,36,49-51H,1-3,8-20H2,(H2,43,44,52)(H2,53,54,55)/t25-,32-,33+,34+,36+/m0/s1. The van der Waals surface area contributed by atoms with E-state index in [-0.39, 0.29) is 45.2 Å². The van der Waals surface area contributed by atoms with E-state index in [2.05, 4.69) is 25.7 Å². The van der Waals surface area contributed by atoms with Crippen LogP contribution in [-0.4, -0.2) is 148 Å². The van der Waals surface area contributed by atoms with Crippen molar-refractivity contribution in [2.45, 2.75) is 69.4 Å². The van der Waals surface area contributed by atoms with E-state index in [9.17, 15) is 51.4 Å². The van der Waals surface area contributed by atoms with Crippen LogP contribution in [0.4, 0.5) is 32.4 Å². The number of amides is 2. The first-order valence-electron chi connectivity index (χ1n) is 19.5. The summed E-state index contributed by atoms with van der Waals surface area (Å²) in [5, 5.41) is 44.3. The zero-order valence-corrected chi connectivity index (χ0v) is 34.5.